The fourth-order valence-electron chi connectivity index (χ4n) is 4.12. The topological polar surface area (TPSA) is 51.2 Å². The molecule has 2 fully saturated rings. The molecular formula is C21H26F17N2O4P. The summed E-state index contributed by atoms with van der Waals surface area (Å²) in [6.45, 7) is 0.731. The molecule has 0 aromatic carbocycles. The second-order valence-corrected chi connectivity index (χ2v) is 12.3. The highest BCUT2D eigenvalue weighted by molar-refractivity contribution is 7.54. The molecule has 0 radical (unpaired) electrons. The molecule has 2 saturated heterocycles. The Bertz CT molecular complexity index is 1010. The van der Waals surface area contributed by atoms with Crippen LogP contribution >= 0.6 is 7.67 Å². The summed E-state index contributed by atoms with van der Waals surface area (Å²) in [5, 5.41) is 0. The maximum Gasteiger partial charge on any atom is 0.460 e. The quantitative estimate of drug-likeness (QED) is 0.100. The molecule has 0 N–H and O–H groups in total. The smallest absolute Gasteiger partial charge is 0.379 e. The predicted octanol–water partition coefficient (Wildman–Crippen LogP) is 7.35. The fourth-order valence-corrected chi connectivity index (χ4v) is 6.51. The van der Waals surface area contributed by atoms with Gasteiger partial charge in [-0.25, -0.2) is 9.34 Å². The van der Waals surface area contributed by atoms with Crippen molar-refractivity contribution in [2.24, 2.45) is 0 Å². The normalized spacial score (nSPS) is 20.1. The van der Waals surface area contributed by atoms with Crippen molar-refractivity contribution in [2.45, 2.75) is 73.3 Å². The predicted molar refractivity (Wildman–Crippen MR) is 117 cm³/mol. The van der Waals surface area contributed by atoms with Crippen LogP contribution in [0.25, 0.3) is 0 Å². The number of hydrogen-bond donors (Lipinski definition) is 0. The zero-order chi connectivity index (χ0) is 35.0. The van der Waals surface area contributed by atoms with E-state index in [4.69, 9.17) is 14.0 Å². The van der Waals surface area contributed by atoms with E-state index in [0.29, 0.717) is 0 Å². The molecule has 0 aliphatic carbocycles. The lowest BCUT2D eigenvalue weighted by Crippen LogP contribution is -2.74. The number of ether oxygens (including phenoxy) is 2. The summed E-state index contributed by atoms with van der Waals surface area (Å²) < 4.78 is 260. The van der Waals surface area contributed by atoms with Gasteiger partial charge in [-0.15, -0.1) is 0 Å². The highest BCUT2D eigenvalue weighted by Gasteiger charge is 2.95. The van der Waals surface area contributed by atoms with Gasteiger partial charge in [0.25, 0.3) is 0 Å². The minimum atomic E-state index is -8.64. The molecule has 45 heavy (non-hydrogen) atoms. The first-order valence-electron chi connectivity index (χ1n) is 12.8. The Labute approximate surface area is 243 Å². The van der Waals surface area contributed by atoms with Gasteiger partial charge in [-0.3, -0.25) is 4.57 Å². The van der Waals surface area contributed by atoms with Gasteiger partial charge >= 0.3 is 55.3 Å². The van der Waals surface area contributed by atoms with Crippen molar-refractivity contribution in [2.75, 3.05) is 59.2 Å². The minimum Gasteiger partial charge on any atom is -0.379 e. The Morgan fingerprint density at radius 1 is 0.511 bits per heavy atom. The third-order valence-corrected chi connectivity index (χ3v) is 9.62. The average Bonchev–Trinajstić information content (AvgIpc) is 2.94. The summed E-state index contributed by atoms with van der Waals surface area (Å²) in [5.74, 6) is -56.3. The number of unbranched alkanes of at least 4 members (excludes halogenated alkanes) is 2. The third kappa shape index (κ3) is 7.03. The molecule has 2 aliphatic heterocycles. The molecule has 0 atom stereocenters. The highest BCUT2D eigenvalue weighted by atomic mass is 31.2. The lowest BCUT2D eigenvalue weighted by atomic mass is 9.88. The van der Waals surface area contributed by atoms with E-state index < -0.39 is 87.6 Å². The van der Waals surface area contributed by atoms with E-state index in [0.717, 1.165) is 0 Å². The summed E-state index contributed by atoms with van der Waals surface area (Å²) in [4.78, 5) is 0. The van der Waals surface area contributed by atoms with Gasteiger partial charge in [0.15, 0.2) is 0 Å². The lowest BCUT2D eigenvalue weighted by Gasteiger charge is -2.42. The van der Waals surface area contributed by atoms with Crippen LogP contribution in [0.3, 0.4) is 0 Å². The van der Waals surface area contributed by atoms with Crippen molar-refractivity contribution in [3.05, 3.63) is 0 Å². The van der Waals surface area contributed by atoms with E-state index in [-0.39, 0.29) is 52.6 Å². The first-order chi connectivity index (χ1) is 20.2. The average molecular weight is 724 g/mol. The van der Waals surface area contributed by atoms with Crippen LogP contribution in [0.1, 0.15) is 25.7 Å². The molecule has 0 bridgehead atoms. The van der Waals surface area contributed by atoms with E-state index >= 15 is 0 Å². The Kier molecular flexibility index (Phi) is 11.9. The second kappa shape index (κ2) is 13.4. The summed E-state index contributed by atoms with van der Waals surface area (Å²) in [6, 6.07) is 0. The van der Waals surface area contributed by atoms with Crippen LogP contribution in [0.5, 0.6) is 0 Å². The van der Waals surface area contributed by atoms with E-state index in [1.807, 2.05) is 0 Å². The van der Waals surface area contributed by atoms with Crippen LogP contribution < -0.4 is 0 Å². The number of alkyl halides is 17. The van der Waals surface area contributed by atoms with E-state index in [1.54, 1.807) is 0 Å². The first kappa shape index (κ1) is 40.0. The fraction of sp³-hybridized carbons (Fsp3) is 1.00. The maximum absolute atomic E-state index is 14.1. The van der Waals surface area contributed by atoms with Gasteiger partial charge in [0.2, 0.25) is 0 Å². The zero-order valence-corrected chi connectivity index (χ0v) is 23.5. The van der Waals surface area contributed by atoms with Gasteiger partial charge in [0.05, 0.1) is 33.0 Å². The molecule has 0 amide bonds. The minimum absolute atomic E-state index is 0.146. The molecule has 0 aromatic heterocycles. The lowest BCUT2D eigenvalue weighted by molar-refractivity contribution is -0.461. The summed E-state index contributed by atoms with van der Waals surface area (Å²) in [7, 11) is -3.77. The number of morpholine rings is 2. The molecular weight excluding hydrogens is 698 g/mol. The van der Waals surface area contributed by atoms with Crippen LogP contribution in [0, 0.1) is 0 Å². The van der Waals surface area contributed by atoms with Crippen molar-refractivity contribution in [3.8, 4) is 0 Å². The number of hydrogen-bond acceptors (Lipinski definition) is 4. The van der Waals surface area contributed by atoms with Crippen molar-refractivity contribution < 1.29 is 93.2 Å². The molecule has 0 spiro atoms. The summed E-state index contributed by atoms with van der Waals surface area (Å²) >= 11 is 0. The van der Waals surface area contributed by atoms with Crippen LogP contribution in [0.2, 0.25) is 0 Å². The van der Waals surface area contributed by atoms with Gasteiger partial charge in [-0.2, -0.15) is 74.6 Å². The number of halogens is 17. The maximum atomic E-state index is 14.1. The molecule has 2 rings (SSSR count). The van der Waals surface area contributed by atoms with Gasteiger partial charge in [0, 0.05) is 32.6 Å². The molecule has 2 heterocycles. The third-order valence-electron chi connectivity index (χ3n) is 6.87. The summed E-state index contributed by atoms with van der Waals surface area (Å²) in [5.41, 5.74) is 0. The SMILES string of the molecule is O=P(OCCCCCC(F)(F)C(F)(F)C(F)(F)C(F)(F)C(F)(F)C(F)(F)C(F)(F)C(F)(F)F)(N1CCOCC1)N1CCOCC1. The van der Waals surface area contributed by atoms with Crippen molar-refractivity contribution >= 4 is 7.67 Å². The first-order valence-corrected chi connectivity index (χ1v) is 14.3. The number of nitrogens with zero attached hydrogens (tertiary/aromatic N) is 2. The van der Waals surface area contributed by atoms with E-state index in [9.17, 15) is 79.2 Å². The monoisotopic (exact) mass is 724 g/mol. The van der Waals surface area contributed by atoms with Gasteiger partial charge in [-0.05, 0) is 12.8 Å². The van der Waals surface area contributed by atoms with Crippen molar-refractivity contribution in [1.82, 2.24) is 9.34 Å². The Morgan fingerprint density at radius 3 is 1.24 bits per heavy atom. The Hall–Kier alpha value is -1.16. The van der Waals surface area contributed by atoms with Crippen LogP contribution in [0.4, 0.5) is 74.6 Å². The van der Waals surface area contributed by atoms with E-state index in [1.165, 1.54) is 9.34 Å². The molecule has 6 nitrogen and oxygen atoms in total. The molecule has 268 valence electrons. The zero-order valence-electron chi connectivity index (χ0n) is 22.6. The molecule has 0 unspecified atom stereocenters. The largest absolute Gasteiger partial charge is 0.460 e. The van der Waals surface area contributed by atoms with Gasteiger partial charge < -0.3 is 14.0 Å². The summed E-state index contributed by atoms with van der Waals surface area (Å²) in [6.07, 6.45) is -12.6. The van der Waals surface area contributed by atoms with Crippen LogP contribution in [-0.4, -0.2) is 116 Å². The van der Waals surface area contributed by atoms with Crippen molar-refractivity contribution in [3.63, 3.8) is 0 Å². The van der Waals surface area contributed by atoms with Crippen LogP contribution in [0.15, 0.2) is 0 Å². The molecule has 2 aliphatic rings. The van der Waals surface area contributed by atoms with Gasteiger partial charge in [-0.1, -0.05) is 6.42 Å². The molecule has 24 heteroatoms. The Balaban J connectivity index is 2.11. The number of rotatable bonds is 15. The highest BCUT2D eigenvalue weighted by Crippen LogP contribution is 2.64. The second-order valence-electron chi connectivity index (χ2n) is 9.92. The Morgan fingerprint density at radius 2 is 0.867 bits per heavy atom. The van der Waals surface area contributed by atoms with E-state index in [2.05, 4.69) is 0 Å². The van der Waals surface area contributed by atoms with Crippen LogP contribution in [-0.2, 0) is 18.6 Å². The van der Waals surface area contributed by atoms with Gasteiger partial charge in [0.1, 0.15) is 0 Å². The molecule has 0 saturated carbocycles. The van der Waals surface area contributed by atoms with Crippen molar-refractivity contribution in [1.29, 1.82) is 0 Å². The standard InChI is InChI=1S/C21H26F17N2O4P/c22-14(23,4-2-1-3-9-44-45(41,39-5-10-42-11-6-39)40-7-12-43-13-8-40)15(24,25)16(26,27)17(28,29)18(30,31)19(32,33)20(34,35)21(36,37)38/h1-13H2. The molecule has 0 aromatic rings.